The molecule has 1 fully saturated rings. The van der Waals surface area contributed by atoms with Gasteiger partial charge in [-0.05, 0) is 41.8 Å². The van der Waals surface area contributed by atoms with E-state index in [1.807, 2.05) is 54.6 Å². The molecule has 1 aliphatic rings. The third-order valence-electron chi connectivity index (χ3n) is 5.70. The van der Waals surface area contributed by atoms with Crippen LogP contribution in [0.5, 0.6) is 0 Å². The molecule has 1 aliphatic heterocycles. The van der Waals surface area contributed by atoms with Crippen molar-refractivity contribution in [1.82, 2.24) is 10.3 Å². The molecule has 1 saturated heterocycles. The lowest BCUT2D eigenvalue weighted by Crippen LogP contribution is -2.26. The van der Waals surface area contributed by atoms with E-state index in [-0.39, 0.29) is 28.1 Å². The van der Waals surface area contributed by atoms with Gasteiger partial charge >= 0.3 is 6.18 Å². The van der Waals surface area contributed by atoms with Gasteiger partial charge in [0.25, 0.3) is 0 Å². The second-order valence-corrected chi connectivity index (χ2v) is 9.68. The summed E-state index contributed by atoms with van der Waals surface area (Å²) in [7, 11) is 0. The zero-order chi connectivity index (χ0) is 25.3. The molecule has 0 saturated carbocycles. The summed E-state index contributed by atoms with van der Waals surface area (Å²) in [5.41, 5.74) is 3.12. The van der Waals surface area contributed by atoms with E-state index in [9.17, 15) is 18.0 Å². The maximum Gasteiger partial charge on any atom is 0.416 e. The molecule has 1 atom stereocenters. The summed E-state index contributed by atoms with van der Waals surface area (Å²) in [6, 6.07) is 20.7. The Balaban J connectivity index is 1.37. The molecule has 4 aromatic rings. The number of fused-ring (bicyclic) bond motifs is 1. The van der Waals surface area contributed by atoms with Crippen molar-refractivity contribution in [3.63, 3.8) is 0 Å². The van der Waals surface area contributed by atoms with Gasteiger partial charge in [0.15, 0.2) is 5.17 Å². The first-order valence-corrected chi connectivity index (χ1v) is 12.2. The van der Waals surface area contributed by atoms with Crippen molar-refractivity contribution in [1.29, 1.82) is 0 Å². The number of H-pyrrole nitrogens is 1. The minimum Gasteiger partial charge on any atom is -0.354 e. The molecule has 0 spiro atoms. The molecule has 0 radical (unpaired) electrons. The summed E-state index contributed by atoms with van der Waals surface area (Å²) in [4.78, 5) is 15.9. The smallest absolute Gasteiger partial charge is 0.354 e. The van der Waals surface area contributed by atoms with Gasteiger partial charge in [0.2, 0.25) is 5.91 Å². The average Bonchev–Trinajstić information content (AvgIpc) is 3.40. The summed E-state index contributed by atoms with van der Waals surface area (Å²) < 4.78 is 39.2. The largest absolute Gasteiger partial charge is 0.416 e. The van der Waals surface area contributed by atoms with Gasteiger partial charge in [-0.1, -0.05) is 71.9 Å². The number of carbonyl (C=O) groups is 1. The fourth-order valence-corrected chi connectivity index (χ4v) is 5.11. The lowest BCUT2D eigenvalue weighted by molar-refractivity contribution is -0.137. The van der Waals surface area contributed by atoms with Gasteiger partial charge in [-0.3, -0.25) is 4.79 Å². The highest BCUT2D eigenvalue weighted by Gasteiger charge is 2.34. The Hall–Kier alpha value is -3.56. The molecule has 10 heteroatoms. The Labute approximate surface area is 213 Å². The van der Waals surface area contributed by atoms with E-state index < -0.39 is 17.0 Å². The van der Waals surface area contributed by atoms with Crippen molar-refractivity contribution >= 4 is 51.6 Å². The van der Waals surface area contributed by atoms with Gasteiger partial charge in [0, 0.05) is 21.5 Å². The van der Waals surface area contributed by atoms with Gasteiger partial charge in [-0.15, -0.1) is 5.10 Å². The Bertz CT molecular complexity index is 1500. The molecule has 2 heterocycles. The monoisotopic (exact) mass is 526 g/mol. The quantitative estimate of drug-likeness (QED) is 0.225. The highest BCUT2D eigenvalue weighted by molar-refractivity contribution is 8.15. The number of nitrogens with one attached hydrogen (secondary N) is 2. The van der Waals surface area contributed by atoms with Crippen molar-refractivity contribution in [3.05, 3.63) is 94.5 Å². The number of benzene rings is 3. The summed E-state index contributed by atoms with van der Waals surface area (Å²) >= 11 is 7.20. The number of hydrogen-bond acceptors (Lipinski definition) is 4. The molecule has 5 nitrogen and oxygen atoms in total. The van der Waals surface area contributed by atoms with Crippen LogP contribution in [0.4, 0.5) is 13.2 Å². The Morgan fingerprint density at radius 1 is 1.03 bits per heavy atom. The van der Waals surface area contributed by atoms with E-state index in [2.05, 4.69) is 20.5 Å². The number of halogens is 4. The highest BCUT2D eigenvalue weighted by Crippen LogP contribution is 2.34. The van der Waals surface area contributed by atoms with Gasteiger partial charge < -0.3 is 10.3 Å². The molecule has 3 aromatic carbocycles. The lowest BCUT2D eigenvalue weighted by Gasteiger charge is -2.12. The van der Waals surface area contributed by atoms with Gasteiger partial charge in [-0.2, -0.15) is 18.3 Å². The predicted octanol–water partition coefficient (Wildman–Crippen LogP) is 6.67. The van der Waals surface area contributed by atoms with Crippen molar-refractivity contribution in [2.45, 2.75) is 17.8 Å². The molecule has 0 aliphatic carbocycles. The van der Waals surface area contributed by atoms with Crippen molar-refractivity contribution in [2.24, 2.45) is 10.2 Å². The molecule has 1 aromatic heterocycles. The van der Waals surface area contributed by atoms with Crippen LogP contribution in [0.1, 0.15) is 16.7 Å². The van der Waals surface area contributed by atoms with E-state index in [0.717, 1.165) is 51.6 Å². The number of nitrogens with zero attached hydrogens (tertiary/aromatic N) is 2. The molecule has 36 heavy (non-hydrogen) atoms. The van der Waals surface area contributed by atoms with Crippen LogP contribution in [0, 0.1) is 0 Å². The Kier molecular flexibility index (Phi) is 6.59. The minimum absolute atomic E-state index is 0.0303. The van der Waals surface area contributed by atoms with E-state index in [4.69, 9.17) is 11.6 Å². The van der Waals surface area contributed by atoms with E-state index in [1.165, 1.54) is 6.07 Å². The number of aromatic amines is 1. The van der Waals surface area contributed by atoms with Crippen LogP contribution < -0.4 is 5.32 Å². The molecule has 182 valence electrons. The zero-order valence-corrected chi connectivity index (χ0v) is 20.1. The van der Waals surface area contributed by atoms with Crippen molar-refractivity contribution in [3.8, 4) is 11.3 Å². The molecule has 0 bridgehead atoms. The maximum atomic E-state index is 13.1. The fraction of sp³-hybridized carbons (Fsp3) is 0.115. The summed E-state index contributed by atoms with van der Waals surface area (Å²) in [6.07, 6.45) is -2.84. The second kappa shape index (κ2) is 9.83. The molecular weight excluding hydrogens is 509 g/mol. The molecular formula is C26H18ClF3N4OS. The number of amides is 1. The van der Waals surface area contributed by atoms with Crippen LogP contribution in [0.25, 0.3) is 22.2 Å². The van der Waals surface area contributed by atoms with Crippen LogP contribution in [-0.2, 0) is 17.4 Å². The fourth-order valence-electron chi connectivity index (χ4n) is 3.96. The van der Waals surface area contributed by atoms with Gasteiger partial charge in [0.1, 0.15) is 0 Å². The normalized spacial score (nSPS) is 17.4. The third-order valence-corrected chi connectivity index (χ3v) is 7.14. The predicted molar refractivity (Wildman–Crippen MR) is 138 cm³/mol. The lowest BCUT2D eigenvalue weighted by atomic mass is 10.1. The standard InChI is InChI=1S/C26H18ClF3N4OS/c27-20-11-10-17(26(28,29)30)12-16(20)13-22-24(35)33-25(36-22)34-31-14-19-18-8-4-5-9-21(18)32-23(19)15-6-2-1-3-7-15/h1-12,14,22,32H,13H2,(H,33,34,35)/b31-14+. The van der Waals surface area contributed by atoms with Gasteiger partial charge in [0.05, 0.1) is 22.7 Å². The van der Waals surface area contributed by atoms with Gasteiger partial charge in [-0.25, -0.2) is 0 Å². The van der Waals surface area contributed by atoms with Crippen molar-refractivity contribution < 1.29 is 18.0 Å². The van der Waals surface area contributed by atoms with Crippen LogP contribution >= 0.6 is 23.4 Å². The SMILES string of the molecule is O=C1N/C(=N\N=C\c2c(-c3ccccc3)[nH]c3ccccc23)SC1Cc1cc(C(F)(F)F)ccc1Cl. The number of amidine groups is 1. The van der Waals surface area contributed by atoms with Crippen LogP contribution in [-0.4, -0.2) is 27.5 Å². The Morgan fingerprint density at radius 2 is 1.78 bits per heavy atom. The molecule has 1 amide bonds. The first-order valence-electron chi connectivity index (χ1n) is 10.9. The zero-order valence-electron chi connectivity index (χ0n) is 18.5. The molecule has 1 unspecified atom stereocenters. The number of para-hydroxylation sites is 1. The van der Waals surface area contributed by atoms with Crippen LogP contribution in [0.3, 0.4) is 0 Å². The summed E-state index contributed by atoms with van der Waals surface area (Å²) in [6.45, 7) is 0. The van der Waals surface area contributed by atoms with Crippen LogP contribution in [0.2, 0.25) is 5.02 Å². The second-order valence-electron chi connectivity index (χ2n) is 8.08. The van der Waals surface area contributed by atoms with Crippen molar-refractivity contribution in [2.75, 3.05) is 0 Å². The topological polar surface area (TPSA) is 69.6 Å². The first-order chi connectivity index (χ1) is 17.3. The van der Waals surface area contributed by atoms with E-state index in [0.29, 0.717) is 0 Å². The average molecular weight is 527 g/mol. The first kappa shape index (κ1) is 24.1. The maximum absolute atomic E-state index is 13.1. The minimum atomic E-state index is -4.49. The highest BCUT2D eigenvalue weighted by atomic mass is 35.5. The number of carbonyl (C=O) groups excluding carboxylic acids is 1. The number of aromatic nitrogens is 1. The third kappa shape index (κ3) is 5.03. The molecule has 5 rings (SSSR count). The number of alkyl halides is 3. The number of rotatable bonds is 5. The molecule has 2 N–H and O–H groups in total. The van der Waals surface area contributed by atoms with E-state index >= 15 is 0 Å². The van der Waals surface area contributed by atoms with E-state index in [1.54, 1.807) is 6.21 Å². The summed E-state index contributed by atoms with van der Waals surface area (Å²) in [5, 5.41) is 11.7. The Morgan fingerprint density at radius 3 is 2.56 bits per heavy atom. The summed E-state index contributed by atoms with van der Waals surface area (Å²) in [5.74, 6) is -0.362. The number of thioether (sulfide) groups is 1. The number of hydrogen-bond donors (Lipinski definition) is 2. The van der Waals surface area contributed by atoms with Crippen LogP contribution in [0.15, 0.2) is 83.0 Å².